The molecule has 1 aromatic heterocycles. The Morgan fingerprint density at radius 3 is 2.88 bits per heavy atom. The number of aromatic nitrogens is 2. The third-order valence-corrected chi connectivity index (χ3v) is 4.30. The highest BCUT2D eigenvalue weighted by atomic mass is 16.5. The number of carbonyl (C=O) groups is 1. The molecule has 1 aliphatic rings. The number of likely N-dealkylation sites (tertiary alicyclic amines) is 1. The van der Waals surface area contributed by atoms with Gasteiger partial charge in [-0.1, -0.05) is 0 Å². The van der Waals surface area contributed by atoms with Crippen LogP contribution in [0.25, 0.3) is 0 Å². The quantitative estimate of drug-likeness (QED) is 0.866. The number of ether oxygens (including phenoxy) is 1. The summed E-state index contributed by atoms with van der Waals surface area (Å²) >= 11 is 0. The number of hydrogen-bond acceptors (Lipinski definition) is 4. The maximum Gasteiger partial charge on any atom is 0.263 e. The average Bonchev–Trinajstić information content (AvgIpc) is 3.16. The number of imidazole rings is 1. The van der Waals surface area contributed by atoms with Crippen LogP contribution >= 0.6 is 0 Å². The Morgan fingerprint density at radius 2 is 2.21 bits per heavy atom. The van der Waals surface area contributed by atoms with Crippen LogP contribution in [0.15, 0.2) is 43.0 Å². The van der Waals surface area contributed by atoms with Crippen molar-refractivity contribution in [2.75, 3.05) is 13.1 Å². The van der Waals surface area contributed by atoms with Gasteiger partial charge in [-0.3, -0.25) is 4.79 Å². The number of benzene rings is 1. The minimum Gasteiger partial charge on any atom is -0.481 e. The van der Waals surface area contributed by atoms with Crippen LogP contribution < -0.4 is 4.74 Å². The summed E-state index contributed by atoms with van der Waals surface area (Å²) in [6.45, 7) is 3.20. The second-order valence-electron chi connectivity index (χ2n) is 5.99. The van der Waals surface area contributed by atoms with Crippen molar-refractivity contribution in [3.05, 3.63) is 48.5 Å². The molecule has 2 heterocycles. The van der Waals surface area contributed by atoms with Gasteiger partial charge in [0.15, 0.2) is 6.10 Å². The molecule has 6 heteroatoms. The van der Waals surface area contributed by atoms with Crippen molar-refractivity contribution in [2.24, 2.45) is 0 Å². The fourth-order valence-corrected chi connectivity index (χ4v) is 3.00. The summed E-state index contributed by atoms with van der Waals surface area (Å²) in [5, 5.41) is 8.81. The SMILES string of the molecule is C[C@@H](Oc1ccc(C#N)cc1)C(=O)N1CCC[C@@H](n2ccnc2)C1. The van der Waals surface area contributed by atoms with E-state index >= 15 is 0 Å². The van der Waals surface area contributed by atoms with Gasteiger partial charge in [0.05, 0.1) is 24.0 Å². The third kappa shape index (κ3) is 3.57. The first-order valence-electron chi connectivity index (χ1n) is 8.10. The molecule has 0 saturated carbocycles. The van der Waals surface area contributed by atoms with Crippen LogP contribution in [-0.4, -0.2) is 39.6 Å². The largest absolute Gasteiger partial charge is 0.481 e. The highest BCUT2D eigenvalue weighted by Gasteiger charge is 2.28. The summed E-state index contributed by atoms with van der Waals surface area (Å²) in [6, 6.07) is 9.13. The van der Waals surface area contributed by atoms with E-state index in [-0.39, 0.29) is 11.9 Å². The van der Waals surface area contributed by atoms with E-state index in [0.717, 1.165) is 19.4 Å². The Morgan fingerprint density at radius 1 is 1.42 bits per heavy atom. The maximum absolute atomic E-state index is 12.7. The van der Waals surface area contributed by atoms with Crippen LogP contribution in [-0.2, 0) is 4.79 Å². The first-order chi connectivity index (χ1) is 11.7. The fraction of sp³-hybridized carbons (Fsp3) is 0.389. The van der Waals surface area contributed by atoms with Gasteiger partial charge in [-0.2, -0.15) is 5.26 Å². The molecule has 1 fully saturated rings. The van der Waals surface area contributed by atoms with Gasteiger partial charge in [-0.25, -0.2) is 4.98 Å². The number of hydrogen-bond donors (Lipinski definition) is 0. The standard InChI is InChI=1S/C18H20N4O2/c1-14(24-17-6-4-15(11-19)5-7-17)18(23)21-9-2-3-16(12-21)22-10-8-20-13-22/h4-8,10,13-14,16H,2-3,9,12H2,1H3/t14-,16-/m1/s1. The maximum atomic E-state index is 12.7. The minimum atomic E-state index is -0.556. The van der Waals surface area contributed by atoms with E-state index in [9.17, 15) is 4.79 Å². The van der Waals surface area contributed by atoms with Gasteiger partial charge in [-0.15, -0.1) is 0 Å². The van der Waals surface area contributed by atoms with Crippen LogP contribution in [0.4, 0.5) is 0 Å². The normalized spacial score (nSPS) is 18.7. The zero-order valence-corrected chi connectivity index (χ0v) is 13.6. The Hall–Kier alpha value is -2.81. The molecular formula is C18H20N4O2. The predicted octanol–water partition coefficient (Wildman–Crippen LogP) is 2.39. The molecule has 3 rings (SSSR count). The molecule has 1 aliphatic heterocycles. The van der Waals surface area contributed by atoms with Crippen molar-refractivity contribution in [1.29, 1.82) is 5.26 Å². The number of amides is 1. The Balaban J connectivity index is 1.61. The lowest BCUT2D eigenvalue weighted by atomic mass is 10.0. The van der Waals surface area contributed by atoms with Gasteiger partial charge < -0.3 is 14.2 Å². The lowest BCUT2D eigenvalue weighted by Crippen LogP contribution is -2.46. The van der Waals surface area contributed by atoms with Crippen molar-refractivity contribution >= 4 is 5.91 Å². The summed E-state index contributed by atoms with van der Waals surface area (Å²) in [5.74, 6) is 0.585. The molecule has 0 radical (unpaired) electrons. The zero-order chi connectivity index (χ0) is 16.9. The van der Waals surface area contributed by atoms with E-state index in [4.69, 9.17) is 10.00 Å². The molecule has 24 heavy (non-hydrogen) atoms. The van der Waals surface area contributed by atoms with Gasteiger partial charge in [-0.05, 0) is 44.0 Å². The molecule has 1 aromatic carbocycles. The molecule has 0 aliphatic carbocycles. The van der Waals surface area contributed by atoms with E-state index in [1.165, 1.54) is 0 Å². The summed E-state index contributed by atoms with van der Waals surface area (Å²) in [7, 11) is 0. The van der Waals surface area contributed by atoms with Gasteiger partial charge in [0.1, 0.15) is 5.75 Å². The summed E-state index contributed by atoms with van der Waals surface area (Å²) < 4.78 is 7.80. The van der Waals surface area contributed by atoms with Crippen molar-refractivity contribution < 1.29 is 9.53 Å². The molecule has 0 spiro atoms. The molecule has 0 unspecified atom stereocenters. The van der Waals surface area contributed by atoms with Crippen molar-refractivity contribution in [1.82, 2.24) is 14.5 Å². The van der Waals surface area contributed by atoms with E-state index in [2.05, 4.69) is 15.6 Å². The molecule has 0 N–H and O–H groups in total. The van der Waals surface area contributed by atoms with Crippen LogP contribution in [0.5, 0.6) is 5.75 Å². The molecule has 1 saturated heterocycles. The molecule has 0 bridgehead atoms. The molecule has 2 atom stereocenters. The van der Waals surface area contributed by atoms with Crippen molar-refractivity contribution in [3.8, 4) is 11.8 Å². The minimum absolute atomic E-state index is 0.0100. The second kappa shape index (κ2) is 7.18. The van der Waals surface area contributed by atoms with Gasteiger partial charge >= 0.3 is 0 Å². The number of carbonyl (C=O) groups excluding carboxylic acids is 1. The van der Waals surface area contributed by atoms with E-state index in [0.29, 0.717) is 17.9 Å². The van der Waals surface area contributed by atoms with E-state index < -0.39 is 6.10 Å². The lowest BCUT2D eigenvalue weighted by molar-refractivity contribution is -0.139. The summed E-state index contributed by atoms with van der Waals surface area (Å²) in [5.41, 5.74) is 0.570. The van der Waals surface area contributed by atoms with Gasteiger partial charge in [0, 0.05) is 25.5 Å². The fourth-order valence-electron chi connectivity index (χ4n) is 3.00. The molecular weight excluding hydrogens is 304 g/mol. The Kier molecular flexibility index (Phi) is 4.80. The highest BCUT2D eigenvalue weighted by molar-refractivity contribution is 5.81. The van der Waals surface area contributed by atoms with Crippen molar-refractivity contribution in [2.45, 2.75) is 31.9 Å². The van der Waals surface area contributed by atoms with E-state index in [1.807, 2.05) is 11.1 Å². The van der Waals surface area contributed by atoms with Crippen LogP contribution in [0, 0.1) is 11.3 Å². The summed E-state index contributed by atoms with van der Waals surface area (Å²) in [4.78, 5) is 18.6. The summed E-state index contributed by atoms with van der Waals surface area (Å²) in [6.07, 6.45) is 6.96. The molecule has 6 nitrogen and oxygen atoms in total. The van der Waals surface area contributed by atoms with Crippen molar-refractivity contribution in [3.63, 3.8) is 0 Å². The number of nitriles is 1. The first-order valence-corrected chi connectivity index (χ1v) is 8.10. The Bertz CT molecular complexity index is 718. The third-order valence-electron chi connectivity index (χ3n) is 4.30. The average molecular weight is 324 g/mol. The van der Waals surface area contributed by atoms with E-state index in [1.54, 1.807) is 43.7 Å². The molecule has 2 aromatic rings. The smallest absolute Gasteiger partial charge is 0.263 e. The topological polar surface area (TPSA) is 71.2 Å². The van der Waals surface area contributed by atoms with Gasteiger partial charge in [0.25, 0.3) is 5.91 Å². The molecule has 124 valence electrons. The predicted molar refractivity (Wildman–Crippen MR) is 88.3 cm³/mol. The number of piperidine rings is 1. The Labute approximate surface area is 141 Å². The monoisotopic (exact) mass is 324 g/mol. The second-order valence-corrected chi connectivity index (χ2v) is 5.99. The van der Waals surface area contributed by atoms with Crippen LogP contribution in [0.1, 0.15) is 31.4 Å². The highest BCUT2D eigenvalue weighted by Crippen LogP contribution is 2.22. The zero-order valence-electron chi connectivity index (χ0n) is 13.6. The van der Waals surface area contributed by atoms with Gasteiger partial charge in [0.2, 0.25) is 0 Å². The number of nitrogens with zero attached hydrogens (tertiary/aromatic N) is 4. The van der Waals surface area contributed by atoms with Crippen LogP contribution in [0.3, 0.4) is 0 Å². The first kappa shape index (κ1) is 16.1. The lowest BCUT2D eigenvalue weighted by Gasteiger charge is -2.34. The molecule has 1 amide bonds. The number of rotatable bonds is 4. The van der Waals surface area contributed by atoms with Crippen LogP contribution in [0.2, 0.25) is 0 Å².